The van der Waals surface area contributed by atoms with Crippen LogP contribution in [-0.2, 0) is 43.7 Å². The van der Waals surface area contributed by atoms with Crippen LogP contribution in [0.3, 0.4) is 0 Å². The molecule has 1 radical (unpaired) electrons. The minimum Gasteiger partial charge on any atom is 0 e. The van der Waals surface area contributed by atoms with Gasteiger partial charge in [0.15, 0.2) is 0 Å². The fourth-order valence-corrected chi connectivity index (χ4v) is 0. The van der Waals surface area contributed by atoms with E-state index < -0.39 is 0 Å². The fourth-order valence-electron chi connectivity index (χ4n) is 0. The third kappa shape index (κ3) is 1250. The van der Waals surface area contributed by atoms with Crippen molar-refractivity contribution < 1.29 is 43.7 Å². The van der Waals surface area contributed by atoms with E-state index in [9.17, 15) is 0 Å². The maximum atomic E-state index is 7.50. The van der Waals surface area contributed by atoms with Crippen LogP contribution >= 0.6 is 0 Å². The van der Waals surface area contributed by atoms with Gasteiger partial charge in [0, 0.05) is 20.4 Å². The summed E-state index contributed by atoms with van der Waals surface area (Å²) in [6, 6.07) is 0. The smallest absolute Gasteiger partial charge is 0 e. The van der Waals surface area contributed by atoms with Crippen molar-refractivity contribution in [2.24, 2.45) is 0 Å². The normalized spacial score (nSPS) is 0.909. The zero-order valence-corrected chi connectivity index (χ0v) is 7.64. The molecule has 0 spiro atoms. The molecule has 5 nitrogen and oxygen atoms in total. The third-order valence-electron chi connectivity index (χ3n) is 0. The standard InChI is InChI=1S/5CO.Re/c5*1-2;. The monoisotopic (exact) mass is 327 g/mol. The van der Waals surface area contributed by atoms with Gasteiger partial charge in [-0.05, 0) is 0 Å². The summed E-state index contributed by atoms with van der Waals surface area (Å²) in [5.41, 5.74) is 0. The summed E-state index contributed by atoms with van der Waals surface area (Å²) >= 11 is 0. The van der Waals surface area contributed by atoms with E-state index in [0.29, 0.717) is 0 Å². The fraction of sp³-hybridized carbons (Fsp3) is 0. The largest absolute Gasteiger partial charge is 0 e. The number of hydrogen-bond donors (Lipinski definition) is 0. The first-order chi connectivity index (χ1) is 5.00. The Morgan fingerprint density at radius 3 is 0.364 bits per heavy atom. The molecule has 0 aromatic heterocycles. The van der Waals surface area contributed by atoms with Crippen molar-refractivity contribution in [3.05, 3.63) is 33.3 Å². The van der Waals surface area contributed by atoms with E-state index in [0.717, 1.165) is 0 Å². The topological polar surface area (TPSA) is 99.5 Å². The van der Waals surface area contributed by atoms with Gasteiger partial charge in [0.05, 0.1) is 0 Å². The van der Waals surface area contributed by atoms with Crippen LogP contribution in [0, 0.1) is 33.3 Å². The first kappa shape index (κ1) is 47.7. The van der Waals surface area contributed by atoms with Gasteiger partial charge in [-0.3, -0.25) is 0 Å². The molecule has 0 N–H and O–H groups in total. The van der Waals surface area contributed by atoms with Crippen molar-refractivity contribution in [3.8, 4) is 0 Å². The summed E-state index contributed by atoms with van der Waals surface area (Å²) < 4.78 is 37.5. The zero-order valence-electron chi connectivity index (χ0n) is 4.92. The summed E-state index contributed by atoms with van der Waals surface area (Å²) in [6.45, 7) is 22.5. The number of rotatable bonds is 0. The Bertz CT molecular complexity index is 73.4. The summed E-state index contributed by atoms with van der Waals surface area (Å²) in [7, 11) is 0. The SMILES string of the molecule is [C-]#[O+].[C-]#[O+].[C-]#[O+].[C-]#[O+].[C-]#[O+].[Re]. The Morgan fingerprint density at radius 2 is 0.364 bits per heavy atom. The van der Waals surface area contributed by atoms with Crippen LogP contribution in [0.15, 0.2) is 0 Å². The Labute approximate surface area is 77.4 Å². The van der Waals surface area contributed by atoms with Gasteiger partial charge < -0.3 is 0 Å². The van der Waals surface area contributed by atoms with E-state index in [4.69, 9.17) is 23.3 Å². The van der Waals surface area contributed by atoms with Gasteiger partial charge >= 0.3 is 56.5 Å². The molecule has 0 atom stereocenters. The Morgan fingerprint density at radius 1 is 0.364 bits per heavy atom. The Balaban J connectivity index is -0.00000000694. The van der Waals surface area contributed by atoms with Gasteiger partial charge in [-0.15, -0.1) is 0 Å². The minimum atomic E-state index is 0. The molecule has 0 bridgehead atoms. The molecule has 57 valence electrons. The van der Waals surface area contributed by atoms with E-state index in [1.165, 1.54) is 0 Å². The maximum Gasteiger partial charge on any atom is 0 e. The minimum absolute atomic E-state index is 0. The van der Waals surface area contributed by atoms with Crippen molar-refractivity contribution in [1.82, 2.24) is 0 Å². The van der Waals surface area contributed by atoms with E-state index in [2.05, 4.69) is 33.3 Å². The van der Waals surface area contributed by atoms with Crippen LogP contribution in [0.1, 0.15) is 0 Å². The molecule has 0 aliphatic rings. The van der Waals surface area contributed by atoms with Gasteiger partial charge in [0.25, 0.3) is 0 Å². The molecular formula is C5O5Re. The van der Waals surface area contributed by atoms with Crippen molar-refractivity contribution >= 4 is 0 Å². The summed E-state index contributed by atoms with van der Waals surface area (Å²) in [5, 5.41) is 0. The molecular weight excluding hydrogens is 326 g/mol. The van der Waals surface area contributed by atoms with Crippen LogP contribution in [0.5, 0.6) is 0 Å². The van der Waals surface area contributed by atoms with Crippen LogP contribution < -0.4 is 0 Å². The molecule has 6 heteroatoms. The molecule has 0 saturated carbocycles. The molecule has 0 rings (SSSR count). The molecule has 0 unspecified atom stereocenters. The van der Waals surface area contributed by atoms with Gasteiger partial charge in [0.2, 0.25) is 0 Å². The molecule has 0 fully saturated rings. The molecule has 0 aliphatic heterocycles. The number of hydrogen-bond acceptors (Lipinski definition) is 0. The Hall–Kier alpha value is -0.638. The van der Waals surface area contributed by atoms with Crippen molar-refractivity contribution in [1.29, 1.82) is 0 Å². The quantitative estimate of drug-likeness (QED) is 0.435. The summed E-state index contributed by atoms with van der Waals surface area (Å²) in [6.07, 6.45) is 0. The second kappa shape index (κ2) is 1610. The average molecular weight is 326 g/mol. The second-order valence-corrected chi connectivity index (χ2v) is 0. The predicted octanol–water partition coefficient (Wildman–Crippen LogP) is -0.190. The molecule has 0 aromatic carbocycles. The maximum absolute atomic E-state index is 7.50. The molecule has 0 saturated heterocycles. The van der Waals surface area contributed by atoms with E-state index in [-0.39, 0.29) is 20.4 Å². The predicted molar refractivity (Wildman–Crippen MR) is 19.6 cm³/mol. The summed E-state index contributed by atoms with van der Waals surface area (Å²) in [4.78, 5) is 0. The molecule has 0 aliphatic carbocycles. The summed E-state index contributed by atoms with van der Waals surface area (Å²) in [5.74, 6) is 0. The molecule has 0 aromatic rings. The van der Waals surface area contributed by atoms with Crippen LogP contribution in [0.2, 0.25) is 0 Å². The molecule has 11 heavy (non-hydrogen) atoms. The average Bonchev–Trinajstić information content (AvgIpc) is 2.20. The molecule has 0 amide bonds. The third-order valence-corrected chi connectivity index (χ3v) is 0. The van der Waals surface area contributed by atoms with Crippen LogP contribution in [0.4, 0.5) is 0 Å². The zero-order chi connectivity index (χ0) is 10.0. The van der Waals surface area contributed by atoms with Crippen LogP contribution in [-0.4, -0.2) is 0 Å². The van der Waals surface area contributed by atoms with Gasteiger partial charge in [-0.2, -0.15) is 0 Å². The van der Waals surface area contributed by atoms with E-state index >= 15 is 0 Å². The first-order valence-corrected chi connectivity index (χ1v) is 1.02. The van der Waals surface area contributed by atoms with Crippen molar-refractivity contribution in [2.75, 3.05) is 0 Å². The van der Waals surface area contributed by atoms with Crippen molar-refractivity contribution in [3.63, 3.8) is 0 Å². The van der Waals surface area contributed by atoms with Crippen LogP contribution in [0.25, 0.3) is 0 Å². The van der Waals surface area contributed by atoms with Gasteiger partial charge in [-0.1, -0.05) is 0 Å². The van der Waals surface area contributed by atoms with Crippen molar-refractivity contribution in [2.45, 2.75) is 0 Å². The first-order valence-electron chi connectivity index (χ1n) is 1.02. The Kier molecular flexibility index (Phi) is 6990. The van der Waals surface area contributed by atoms with E-state index in [1.54, 1.807) is 0 Å². The van der Waals surface area contributed by atoms with E-state index in [1.807, 2.05) is 0 Å². The van der Waals surface area contributed by atoms with Gasteiger partial charge in [-0.25, -0.2) is 0 Å². The second-order valence-electron chi connectivity index (χ2n) is 0. The molecule has 0 heterocycles. The van der Waals surface area contributed by atoms with Gasteiger partial charge in [0.1, 0.15) is 0 Å².